The summed E-state index contributed by atoms with van der Waals surface area (Å²) in [6, 6.07) is 20.4. The van der Waals surface area contributed by atoms with E-state index in [0.29, 0.717) is 22.0 Å². The highest BCUT2D eigenvalue weighted by molar-refractivity contribution is 6.29. The van der Waals surface area contributed by atoms with Crippen LogP contribution >= 0.6 is 11.6 Å². The van der Waals surface area contributed by atoms with Crippen molar-refractivity contribution >= 4 is 34.3 Å². The Morgan fingerprint density at radius 1 is 0.833 bits per heavy atom. The lowest BCUT2D eigenvalue weighted by molar-refractivity contribution is 0.0863. The highest BCUT2D eigenvalue weighted by Gasteiger charge is 2.28. The standard InChI is InChI=1S/C28H25ClN4O3/c29-25-15-11-19-17-20(10-14-22(19)30-25)28(36)32-24-6-2-1-5-23(24)31-27(35)18-8-12-21(13-9-18)33-16-4-3-7-26(33)34/h3-4,7-17,23-24H,1-2,5-6H2,(H,31,35)(H,32,36). The number of hydrogen-bond acceptors (Lipinski definition) is 4. The molecule has 1 aliphatic carbocycles. The van der Waals surface area contributed by atoms with Crippen LogP contribution in [-0.4, -0.2) is 33.4 Å². The predicted octanol–water partition coefficient (Wildman–Crippen LogP) is 4.51. The molecule has 0 aliphatic heterocycles. The highest BCUT2D eigenvalue weighted by Crippen LogP contribution is 2.21. The van der Waals surface area contributed by atoms with Gasteiger partial charge in [-0.3, -0.25) is 19.0 Å². The summed E-state index contributed by atoms with van der Waals surface area (Å²) in [5.74, 6) is -0.391. The molecule has 4 aromatic rings. The minimum atomic E-state index is -0.207. The van der Waals surface area contributed by atoms with Crippen molar-refractivity contribution in [1.82, 2.24) is 20.2 Å². The van der Waals surface area contributed by atoms with Crippen molar-refractivity contribution in [2.45, 2.75) is 37.8 Å². The van der Waals surface area contributed by atoms with Crippen molar-refractivity contribution in [1.29, 1.82) is 0 Å². The van der Waals surface area contributed by atoms with Crippen LogP contribution in [0, 0.1) is 0 Å². The number of aromatic nitrogens is 2. The molecule has 8 heteroatoms. The van der Waals surface area contributed by atoms with Gasteiger partial charge in [-0.15, -0.1) is 0 Å². The first-order chi connectivity index (χ1) is 17.5. The number of nitrogens with one attached hydrogen (secondary N) is 2. The molecule has 2 aromatic carbocycles. The Balaban J connectivity index is 1.27. The lowest BCUT2D eigenvalue weighted by Gasteiger charge is -2.33. The maximum absolute atomic E-state index is 13.0. The molecule has 2 N–H and O–H groups in total. The average Bonchev–Trinajstić information content (AvgIpc) is 2.90. The van der Waals surface area contributed by atoms with Crippen LogP contribution in [-0.2, 0) is 0 Å². The molecule has 2 unspecified atom stereocenters. The smallest absolute Gasteiger partial charge is 0.255 e. The molecule has 1 fully saturated rings. The van der Waals surface area contributed by atoms with E-state index < -0.39 is 0 Å². The third-order valence-corrected chi connectivity index (χ3v) is 6.76. The maximum Gasteiger partial charge on any atom is 0.255 e. The number of nitrogens with zero attached hydrogens (tertiary/aromatic N) is 2. The molecule has 1 aliphatic rings. The first-order valence-electron chi connectivity index (χ1n) is 11.9. The van der Waals surface area contributed by atoms with Crippen LogP contribution in [0.5, 0.6) is 0 Å². The molecular formula is C28H25ClN4O3. The van der Waals surface area contributed by atoms with E-state index in [1.54, 1.807) is 66.9 Å². The van der Waals surface area contributed by atoms with Gasteiger partial charge in [0, 0.05) is 46.5 Å². The Morgan fingerprint density at radius 2 is 1.50 bits per heavy atom. The molecule has 36 heavy (non-hydrogen) atoms. The van der Waals surface area contributed by atoms with E-state index in [4.69, 9.17) is 11.6 Å². The van der Waals surface area contributed by atoms with Crippen LogP contribution in [0.1, 0.15) is 46.4 Å². The van der Waals surface area contributed by atoms with E-state index in [-0.39, 0.29) is 29.5 Å². The number of pyridine rings is 2. The van der Waals surface area contributed by atoms with Gasteiger partial charge in [0.05, 0.1) is 5.52 Å². The van der Waals surface area contributed by atoms with E-state index in [1.807, 2.05) is 6.07 Å². The monoisotopic (exact) mass is 500 g/mol. The van der Waals surface area contributed by atoms with Crippen molar-refractivity contribution < 1.29 is 9.59 Å². The number of benzene rings is 2. The molecule has 2 aromatic heterocycles. The second kappa shape index (κ2) is 10.3. The predicted molar refractivity (Wildman–Crippen MR) is 140 cm³/mol. The van der Waals surface area contributed by atoms with Crippen molar-refractivity contribution in [3.05, 3.63) is 106 Å². The maximum atomic E-state index is 13.0. The summed E-state index contributed by atoms with van der Waals surface area (Å²) in [4.78, 5) is 42.3. The van der Waals surface area contributed by atoms with E-state index in [0.717, 1.165) is 36.6 Å². The fourth-order valence-corrected chi connectivity index (χ4v) is 4.79. The Kier molecular flexibility index (Phi) is 6.82. The summed E-state index contributed by atoms with van der Waals surface area (Å²) in [7, 11) is 0. The molecule has 7 nitrogen and oxygen atoms in total. The lowest BCUT2D eigenvalue weighted by atomic mass is 9.89. The van der Waals surface area contributed by atoms with Crippen molar-refractivity contribution in [2.24, 2.45) is 0 Å². The number of fused-ring (bicyclic) bond motifs is 1. The summed E-state index contributed by atoms with van der Waals surface area (Å²) in [6.45, 7) is 0. The Labute approximate surface area is 213 Å². The largest absolute Gasteiger partial charge is 0.347 e. The lowest BCUT2D eigenvalue weighted by Crippen LogP contribution is -2.53. The van der Waals surface area contributed by atoms with Crippen molar-refractivity contribution in [3.63, 3.8) is 0 Å². The van der Waals surface area contributed by atoms with Gasteiger partial charge in [-0.05, 0) is 73.5 Å². The third kappa shape index (κ3) is 5.16. The fourth-order valence-electron chi connectivity index (χ4n) is 4.64. The molecule has 2 atom stereocenters. The van der Waals surface area contributed by atoms with E-state index >= 15 is 0 Å². The third-order valence-electron chi connectivity index (χ3n) is 6.55. The second-order valence-electron chi connectivity index (χ2n) is 8.94. The van der Waals surface area contributed by atoms with Crippen LogP contribution in [0.15, 0.2) is 83.8 Å². The second-order valence-corrected chi connectivity index (χ2v) is 9.33. The zero-order valence-electron chi connectivity index (χ0n) is 19.5. The summed E-state index contributed by atoms with van der Waals surface area (Å²) in [5.41, 5.74) is 2.31. The van der Waals surface area contributed by atoms with E-state index in [1.165, 1.54) is 10.6 Å². The first-order valence-corrected chi connectivity index (χ1v) is 12.3. The molecule has 0 radical (unpaired) electrons. The molecule has 1 saturated carbocycles. The molecular weight excluding hydrogens is 476 g/mol. The van der Waals surface area contributed by atoms with Gasteiger partial charge in [0.25, 0.3) is 17.4 Å². The highest BCUT2D eigenvalue weighted by atomic mass is 35.5. The minimum Gasteiger partial charge on any atom is -0.347 e. The van der Waals surface area contributed by atoms with Gasteiger partial charge in [0.1, 0.15) is 5.15 Å². The van der Waals surface area contributed by atoms with E-state index in [2.05, 4.69) is 15.6 Å². The normalized spacial score (nSPS) is 17.5. The molecule has 182 valence electrons. The molecule has 0 spiro atoms. The van der Waals surface area contributed by atoms with Crippen LogP contribution in [0.25, 0.3) is 16.6 Å². The number of carbonyl (C=O) groups is 2. The SMILES string of the molecule is O=C(NC1CCCCC1NC(=O)c1ccc2nc(Cl)ccc2c1)c1ccc(-n2ccccc2=O)cc1. The molecule has 0 saturated heterocycles. The van der Waals surface area contributed by atoms with Crippen molar-refractivity contribution in [3.8, 4) is 5.69 Å². The zero-order valence-corrected chi connectivity index (χ0v) is 20.2. The molecule has 0 bridgehead atoms. The summed E-state index contributed by atoms with van der Waals surface area (Å²) >= 11 is 5.96. The number of halogens is 1. The Morgan fingerprint density at radius 3 is 2.19 bits per heavy atom. The zero-order chi connectivity index (χ0) is 25.1. The average molecular weight is 501 g/mol. The van der Waals surface area contributed by atoms with Gasteiger partial charge in [-0.1, -0.05) is 30.5 Å². The summed E-state index contributed by atoms with van der Waals surface area (Å²) in [5, 5.41) is 7.46. The molecule has 2 heterocycles. The summed E-state index contributed by atoms with van der Waals surface area (Å²) in [6.07, 6.45) is 5.23. The number of rotatable bonds is 5. The molecule has 2 amide bonds. The summed E-state index contributed by atoms with van der Waals surface area (Å²) < 4.78 is 1.52. The quantitative estimate of drug-likeness (QED) is 0.394. The Hall–Kier alpha value is -3.97. The van der Waals surface area contributed by atoms with Gasteiger partial charge in [-0.2, -0.15) is 0 Å². The van der Waals surface area contributed by atoms with E-state index in [9.17, 15) is 14.4 Å². The number of carbonyl (C=O) groups excluding carboxylic acids is 2. The van der Waals surface area contributed by atoms with Gasteiger partial charge in [0.2, 0.25) is 0 Å². The van der Waals surface area contributed by atoms with Crippen LogP contribution < -0.4 is 16.2 Å². The van der Waals surface area contributed by atoms with Gasteiger partial charge in [0.15, 0.2) is 0 Å². The fraction of sp³-hybridized carbons (Fsp3) is 0.214. The van der Waals surface area contributed by atoms with Crippen LogP contribution in [0.2, 0.25) is 5.15 Å². The number of amides is 2. The Bertz CT molecular complexity index is 1480. The molecule has 5 rings (SSSR count). The minimum absolute atomic E-state index is 0.137. The van der Waals surface area contributed by atoms with Gasteiger partial charge >= 0.3 is 0 Å². The van der Waals surface area contributed by atoms with Gasteiger partial charge in [-0.25, -0.2) is 4.98 Å². The van der Waals surface area contributed by atoms with Gasteiger partial charge < -0.3 is 10.6 Å². The number of hydrogen-bond donors (Lipinski definition) is 2. The first kappa shape index (κ1) is 23.8. The van der Waals surface area contributed by atoms with Crippen LogP contribution in [0.3, 0.4) is 0 Å². The topological polar surface area (TPSA) is 93.1 Å². The van der Waals surface area contributed by atoms with Crippen molar-refractivity contribution in [2.75, 3.05) is 0 Å². The van der Waals surface area contributed by atoms with Crippen LogP contribution in [0.4, 0.5) is 0 Å².